The molecule has 0 aliphatic heterocycles. The third-order valence-corrected chi connectivity index (χ3v) is 2.66. The molecule has 0 bridgehead atoms. The Hall–Kier alpha value is -2.92. The van der Waals surface area contributed by atoms with Gasteiger partial charge in [-0.25, -0.2) is 0 Å². The summed E-state index contributed by atoms with van der Waals surface area (Å²) in [7, 11) is 0. The zero-order valence-corrected chi connectivity index (χ0v) is 15.4. The van der Waals surface area contributed by atoms with E-state index in [9.17, 15) is 10.2 Å². The first kappa shape index (κ1) is 28.9. The van der Waals surface area contributed by atoms with Crippen LogP contribution in [-0.4, -0.2) is 30.6 Å². The minimum Gasteiger partial charge on any atom is -2.00 e. The van der Waals surface area contributed by atoms with Gasteiger partial charge in [0.2, 0.25) is 0 Å². The van der Waals surface area contributed by atoms with Gasteiger partial charge in [-0.2, -0.15) is 0 Å². The predicted octanol–water partition coefficient (Wildman–Crippen LogP) is 0.0895. The number of aliphatic imine (C=N–C) groups is 2. The Balaban J connectivity index is -0.000000751. The van der Waals surface area contributed by atoms with Crippen molar-refractivity contribution in [2.24, 2.45) is 9.98 Å². The van der Waals surface area contributed by atoms with E-state index < -0.39 is 5.09 Å². The molecule has 0 aromatic heterocycles. The van der Waals surface area contributed by atoms with Gasteiger partial charge in [0.1, 0.15) is 0 Å². The summed E-state index contributed by atoms with van der Waals surface area (Å²) in [5.41, 5.74) is 1.14. The van der Waals surface area contributed by atoms with E-state index in [1.807, 2.05) is 0 Å². The second-order valence-electron chi connectivity index (χ2n) is 4.37. The summed E-state index contributed by atoms with van der Waals surface area (Å²) in [5, 5.41) is 37.6. The van der Waals surface area contributed by atoms with Gasteiger partial charge >= 0.3 is 0 Å². The topological polar surface area (TPSA) is 199 Å². The summed E-state index contributed by atoms with van der Waals surface area (Å²) in [6.07, 6.45) is 3.11. The van der Waals surface area contributed by atoms with E-state index in [4.69, 9.17) is 15.3 Å². The fourth-order valence-corrected chi connectivity index (χ4v) is 1.62. The average molecular weight is 414 g/mol. The Morgan fingerprint density at radius 1 is 0.815 bits per heavy atom. The molecule has 3 N–H and O–H groups in total. The summed E-state index contributed by atoms with van der Waals surface area (Å²) >= 11 is 0. The molecule has 0 aliphatic rings. The van der Waals surface area contributed by atoms with E-state index >= 15 is 0 Å². The molecule has 0 fully saturated rings. The smallest absolute Gasteiger partial charge is 0.0689 e. The molecule has 1 radical (unpaired) electrons. The van der Waals surface area contributed by atoms with E-state index in [0.717, 1.165) is 0 Å². The van der Waals surface area contributed by atoms with E-state index in [0.29, 0.717) is 24.2 Å². The molecule has 0 spiro atoms. The third kappa shape index (κ3) is 13.0. The SMILES string of the molecule is O=[N+]([O-])[O-].[O-2].[O-]c1ccccc1C=NCCN=Cc1ccccc1[O-].[OH3+].[V]. The number of hydrogen-bond donors (Lipinski definition) is 0. The molecule has 0 amide bonds. The number of para-hydroxylation sites is 2. The minimum absolute atomic E-state index is 0. The molecule has 2 rings (SSSR count). The summed E-state index contributed by atoms with van der Waals surface area (Å²) in [6.45, 7) is 0.956. The molecular weight excluding hydrogens is 397 g/mol. The number of nitrogens with zero attached hydrogens (tertiary/aromatic N) is 3. The van der Waals surface area contributed by atoms with Crippen molar-refractivity contribution < 1.29 is 44.8 Å². The van der Waals surface area contributed by atoms with Crippen molar-refractivity contribution in [3.8, 4) is 11.5 Å². The van der Waals surface area contributed by atoms with Crippen molar-refractivity contribution in [3.05, 3.63) is 75.0 Å². The van der Waals surface area contributed by atoms with Crippen molar-refractivity contribution >= 4 is 12.4 Å². The number of benzene rings is 2. The van der Waals surface area contributed by atoms with Crippen LogP contribution >= 0.6 is 0 Å². The van der Waals surface area contributed by atoms with Gasteiger partial charge in [-0.15, -0.1) is 11.5 Å². The molecule has 0 unspecified atom stereocenters. The maximum atomic E-state index is 11.4. The Kier molecular flexibility index (Phi) is 17.7. The largest absolute Gasteiger partial charge is 2.00 e. The fraction of sp³-hybridized carbons (Fsp3) is 0.125. The second-order valence-corrected chi connectivity index (χ2v) is 4.37. The van der Waals surface area contributed by atoms with Crippen LogP contribution in [0.15, 0.2) is 58.5 Å². The first-order chi connectivity index (χ1) is 11.5. The number of rotatable bonds is 5. The fourth-order valence-electron chi connectivity index (χ4n) is 1.62. The molecule has 147 valence electrons. The van der Waals surface area contributed by atoms with E-state index in [1.165, 1.54) is 12.1 Å². The van der Waals surface area contributed by atoms with E-state index in [2.05, 4.69) is 9.98 Å². The molecular formula is C16H17N3O7V-4. The van der Waals surface area contributed by atoms with Crippen LogP contribution in [0.1, 0.15) is 11.1 Å². The van der Waals surface area contributed by atoms with Crippen LogP contribution in [0.5, 0.6) is 11.5 Å². The quantitative estimate of drug-likeness (QED) is 0.219. The first-order valence-corrected chi connectivity index (χ1v) is 6.84. The average Bonchev–Trinajstić information content (AvgIpc) is 2.53. The van der Waals surface area contributed by atoms with Crippen LogP contribution in [0, 0.1) is 15.3 Å². The maximum absolute atomic E-state index is 11.4. The van der Waals surface area contributed by atoms with Crippen molar-refractivity contribution in [1.82, 2.24) is 0 Å². The van der Waals surface area contributed by atoms with E-state index in [-0.39, 0.29) is 41.0 Å². The maximum Gasteiger partial charge on any atom is 0.0689 e. The van der Waals surface area contributed by atoms with Crippen molar-refractivity contribution in [1.29, 1.82) is 0 Å². The van der Waals surface area contributed by atoms with Gasteiger partial charge in [-0.05, 0) is 11.1 Å². The van der Waals surface area contributed by atoms with Gasteiger partial charge in [0.25, 0.3) is 0 Å². The Bertz CT molecular complexity index is 667. The Morgan fingerprint density at radius 2 is 1.11 bits per heavy atom. The summed E-state index contributed by atoms with van der Waals surface area (Å²) in [5.74, 6) is -0.0833. The third-order valence-electron chi connectivity index (χ3n) is 2.66. The first-order valence-electron chi connectivity index (χ1n) is 6.84. The van der Waals surface area contributed by atoms with Gasteiger partial charge in [0.05, 0.1) is 18.2 Å². The monoisotopic (exact) mass is 414 g/mol. The molecule has 10 nitrogen and oxygen atoms in total. The molecule has 11 heteroatoms. The predicted molar refractivity (Wildman–Crippen MR) is 92.6 cm³/mol. The molecule has 0 atom stereocenters. The molecule has 27 heavy (non-hydrogen) atoms. The zero-order valence-electron chi connectivity index (χ0n) is 14.0. The molecule has 0 saturated carbocycles. The molecule has 0 heterocycles. The Labute approximate surface area is 167 Å². The van der Waals surface area contributed by atoms with E-state index in [1.54, 1.807) is 48.8 Å². The van der Waals surface area contributed by atoms with Crippen LogP contribution in [0.25, 0.3) is 0 Å². The standard InChI is InChI=1S/C16H16N2O2.NO3.H2O.O.V/c19-15-7-3-1-5-13(15)11-17-9-10-18-12-14-6-2-4-8-16(14)20;2-1(3)4;;;/h1-8,11-12,19-20H,9-10H2;;1H2;;/q;-1;;-2;/p-1. The van der Waals surface area contributed by atoms with Gasteiger partial charge in [0.15, 0.2) is 0 Å². The van der Waals surface area contributed by atoms with Gasteiger partial charge in [0, 0.05) is 31.0 Å². The van der Waals surface area contributed by atoms with Crippen molar-refractivity contribution in [2.75, 3.05) is 13.1 Å². The van der Waals surface area contributed by atoms with Crippen molar-refractivity contribution in [2.45, 2.75) is 0 Å². The summed E-state index contributed by atoms with van der Waals surface area (Å²) in [6, 6.07) is 13.5. The number of hydrogen-bond acceptors (Lipinski definition) is 7. The summed E-state index contributed by atoms with van der Waals surface area (Å²) in [4.78, 5) is 16.5. The molecule has 0 saturated heterocycles. The van der Waals surface area contributed by atoms with Crippen molar-refractivity contribution in [3.63, 3.8) is 0 Å². The van der Waals surface area contributed by atoms with Gasteiger partial charge in [-0.1, -0.05) is 48.5 Å². The minimum atomic E-state index is -1.75. The molecule has 2 aromatic rings. The van der Waals surface area contributed by atoms with Gasteiger partial charge < -0.3 is 36.5 Å². The molecule has 0 aliphatic carbocycles. The second kappa shape index (κ2) is 16.5. The summed E-state index contributed by atoms with van der Waals surface area (Å²) < 4.78 is 0. The normalized spacial score (nSPS) is 9.33. The van der Waals surface area contributed by atoms with Crippen LogP contribution in [0.3, 0.4) is 0 Å². The molecule has 2 aromatic carbocycles. The van der Waals surface area contributed by atoms with Crippen LogP contribution in [0.4, 0.5) is 0 Å². The van der Waals surface area contributed by atoms with Crippen LogP contribution in [0.2, 0.25) is 0 Å². The Morgan fingerprint density at radius 3 is 1.41 bits per heavy atom. The zero-order chi connectivity index (χ0) is 17.8. The van der Waals surface area contributed by atoms with Crippen LogP contribution < -0.4 is 10.2 Å². The van der Waals surface area contributed by atoms with Crippen LogP contribution in [-0.2, 0) is 29.5 Å². The van der Waals surface area contributed by atoms with Gasteiger partial charge in [-0.3, -0.25) is 9.98 Å².